The Hall–Kier alpha value is -1.37. The van der Waals surface area contributed by atoms with Gasteiger partial charge in [0.05, 0.1) is 17.8 Å². The molecule has 1 heterocycles. The SMILES string of the molecule is COC(=O)CNC(=O)CCn1cc(Br)cn1. The molecule has 0 unspecified atom stereocenters. The Balaban J connectivity index is 2.22. The number of nitrogens with zero attached hydrogens (tertiary/aromatic N) is 2. The molecule has 0 radical (unpaired) electrons. The number of nitrogens with one attached hydrogen (secondary N) is 1. The van der Waals surface area contributed by atoms with Crippen molar-refractivity contribution in [2.45, 2.75) is 13.0 Å². The molecule has 6 nitrogen and oxygen atoms in total. The van der Waals surface area contributed by atoms with Gasteiger partial charge < -0.3 is 10.1 Å². The summed E-state index contributed by atoms with van der Waals surface area (Å²) in [5.41, 5.74) is 0. The van der Waals surface area contributed by atoms with Gasteiger partial charge in [-0.05, 0) is 15.9 Å². The van der Waals surface area contributed by atoms with E-state index in [1.807, 2.05) is 0 Å². The number of amides is 1. The van der Waals surface area contributed by atoms with Crippen LogP contribution in [-0.2, 0) is 20.9 Å². The minimum atomic E-state index is -0.463. The summed E-state index contributed by atoms with van der Waals surface area (Å²) in [4.78, 5) is 22.0. The number of rotatable bonds is 5. The molecule has 7 heteroatoms. The van der Waals surface area contributed by atoms with Gasteiger partial charge in [-0.15, -0.1) is 0 Å². The number of halogens is 1. The minimum absolute atomic E-state index is 0.0991. The van der Waals surface area contributed by atoms with Crippen LogP contribution in [0.25, 0.3) is 0 Å². The summed E-state index contributed by atoms with van der Waals surface area (Å²) < 4.78 is 6.89. The van der Waals surface area contributed by atoms with E-state index in [4.69, 9.17) is 0 Å². The van der Waals surface area contributed by atoms with E-state index in [-0.39, 0.29) is 18.9 Å². The Morgan fingerprint density at radius 2 is 2.38 bits per heavy atom. The van der Waals surface area contributed by atoms with Crippen LogP contribution in [0.4, 0.5) is 0 Å². The van der Waals surface area contributed by atoms with E-state index >= 15 is 0 Å². The number of aromatic nitrogens is 2. The lowest BCUT2D eigenvalue weighted by molar-refractivity contribution is -0.141. The summed E-state index contributed by atoms with van der Waals surface area (Å²) in [6.07, 6.45) is 3.69. The van der Waals surface area contributed by atoms with Crippen LogP contribution in [-0.4, -0.2) is 35.3 Å². The van der Waals surface area contributed by atoms with Gasteiger partial charge in [-0.2, -0.15) is 5.10 Å². The number of carbonyl (C=O) groups excluding carboxylic acids is 2. The summed E-state index contributed by atoms with van der Waals surface area (Å²) in [7, 11) is 1.27. The van der Waals surface area contributed by atoms with Crippen molar-refractivity contribution < 1.29 is 14.3 Å². The predicted molar refractivity (Wildman–Crippen MR) is 59.6 cm³/mol. The molecule has 0 aliphatic carbocycles. The Labute approximate surface area is 101 Å². The van der Waals surface area contributed by atoms with Crippen molar-refractivity contribution in [3.05, 3.63) is 16.9 Å². The molecule has 0 aliphatic rings. The van der Waals surface area contributed by atoms with Crippen LogP contribution < -0.4 is 5.32 Å². The molecule has 0 aromatic carbocycles. The first kappa shape index (κ1) is 12.7. The molecule has 0 atom stereocenters. The van der Waals surface area contributed by atoms with Crippen molar-refractivity contribution in [2.75, 3.05) is 13.7 Å². The smallest absolute Gasteiger partial charge is 0.325 e. The maximum atomic E-state index is 11.3. The Bertz CT molecular complexity index is 378. The van der Waals surface area contributed by atoms with Gasteiger partial charge in [0.1, 0.15) is 6.54 Å². The summed E-state index contributed by atoms with van der Waals surface area (Å²) in [6.45, 7) is 0.372. The highest BCUT2D eigenvalue weighted by atomic mass is 79.9. The largest absolute Gasteiger partial charge is 0.468 e. The molecule has 0 spiro atoms. The lowest BCUT2D eigenvalue weighted by atomic mass is 10.4. The monoisotopic (exact) mass is 289 g/mol. The second-order valence-electron chi connectivity index (χ2n) is 3.02. The van der Waals surface area contributed by atoms with E-state index in [2.05, 4.69) is 31.1 Å². The van der Waals surface area contributed by atoms with E-state index in [0.29, 0.717) is 6.54 Å². The highest BCUT2D eigenvalue weighted by molar-refractivity contribution is 9.10. The van der Waals surface area contributed by atoms with Crippen molar-refractivity contribution >= 4 is 27.8 Å². The first-order valence-electron chi connectivity index (χ1n) is 4.63. The zero-order valence-corrected chi connectivity index (χ0v) is 10.4. The molecule has 0 saturated heterocycles. The fourth-order valence-electron chi connectivity index (χ4n) is 1.01. The lowest BCUT2D eigenvalue weighted by Gasteiger charge is -2.03. The number of carbonyl (C=O) groups is 2. The molecule has 88 valence electrons. The lowest BCUT2D eigenvalue weighted by Crippen LogP contribution is -2.30. The molecule has 1 rings (SSSR count). The first-order chi connectivity index (χ1) is 7.61. The summed E-state index contributed by atoms with van der Waals surface area (Å²) in [5, 5.41) is 6.44. The maximum absolute atomic E-state index is 11.3. The van der Waals surface area contributed by atoms with Gasteiger partial charge in [0, 0.05) is 19.2 Å². The van der Waals surface area contributed by atoms with Crippen molar-refractivity contribution in [2.24, 2.45) is 0 Å². The predicted octanol–water partition coefficient (Wildman–Crippen LogP) is 0.325. The number of aryl methyl sites for hydroxylation is 1. The van der Waals surface area contributed by atoms with Crippen LogP contribution in [0.15, 0.2) is 16.9 Å². The molecule has 0 saturated carbocycles. The molecule has 0 fully saturated rings. The zero-order chi connectivity index (χ0) is 12.0. The van der Waals surface area contributed by atoms with Gasteiger partial charge in [-0.3, -0.25) is 14.3 Å². The van der Waals surface area contributed by atoms with Crippen molar-refractivity contribution in [3.63, 3.8) is 0 Å². The highest BCUT2D eigenvalue weighted by Gasteiger charge is 2.05. The molecular formula is C9H12BrN3O3. The van der Waals surface area contributed by atoms with Gasteiger partial charge in [-0.25, -0.2) is 0 Å². The van der Waals surface area contributed by atoms with Gasteiger partial charge in [0.2, 0.25) is 5.91 Å². The molecule has 16 heavy (non-hydrogen) atoms. The molecule has 1 N–H and O–H groups in total. The average Bonchev–Trinajstić information content (AvgIpc) is 2.69. The maximum Gasteiger partial charge on any atom is 0.325 e. The normalized spacial score (nSPS) is 9.88. The van der Waals surface area contributed by atoms with Crippen LogP contribution in [0.2, 0.25) is 0 Å². The summed E-state index contributed by atoms with van der Waals surface area (Å²) in [5.74, 6) is -0.674. The Morgan fingerprint density at radius 3 is 2.94 bits per heavy atom. The third-order valence-corrected chi connectivity index (χ3v) is 2.24. The van der Waals surface area contributed by atoms with Gasteiger partial charge in [-0.1, -0.05) is 0 Å². The van der Waals surface area contributed by atoms with Crippen LogP contribution in [0.1, 0.15) is 6.42 Å². The second kappa shape index (κ2) is 6.26. The Kier molecular flexibility index (Phi) is 4.97. The molecular weight excluding hydrogens is 278 g/mol. The molecule has 1 aromatic rings. The third kappa shape index (κ3) is 4.43. The summed E-state index contributed by atoms with van der Waals surface area (Å²) in [6, 6.07) is 0. The van der Waals surface area contributed by atoms with E-state index in [9.17, 15) is 9.59 Å². The van der Waals surface area contributed by atoms with Crippen LogP contribution in [0.5, 0.6) is 0 Å². The number of ether oxygens (including phenoxy) is 1. The van der Waals surface area contributed by atoms with Gasteiger partial charge in [0.25, 0.3) is 0 Å². The van der Waals surface area contributed by atoms with Crippen molar-refractivity contribution in [3.8, 4) is 0 Å². The molecule has 0 bridgehead atoms. The highest BCUT2D eigenvalue weighted by Crippen LogP contribution is 2.06. The van der Waals surface area contributed by atoms with Crippen LogP contribution >= 0.6 is 15.9 Å². The van der Waals surface area contributed by atoms with Crippen molar-refractivity contribution in [1.29, 1.82) is 0 Å². The first-order valence-corrected chi connectivity index (χ1v) is 5.42. The number of methoxy groups -OCH3 is 1. The van der Waals surface area contributed by atoms with Crippen LogP contribution in [0, 0.1) is 0 Å². The second-order valence-corrected chi connectivity index (χ2v) is 3.94. The van der Waals surface area contributed by atoms with Gasteiger partial charge in [0.15, 0.2) is 0 Å². The van der Waals surface area contributed by atoms with E-state index < -0.39 is 5.97 Å². The fraction of sp³-hybridized carbons (Fsp3) is 0.444. The zero-order valence-electron chi connectivity index (χ0n) is 8.77. The third-order valence-electron chi connectivity index (χ3n) is 1.83. The molecule has 0 aliphatic heterocycles. The quantitative estimate of drug-likeness (QED) is 0.793. The number of esters is 1. The minimum Gasteiger partial charge on any atom is -0.468 e. The van der Waals surface area contributed by atoms with E-state index in [1.54, 1.807) is 17.1 Å². The van der Waals surface area contributed by atoms with E-state index in [0.717, 1.165) is 4.47 Å². The fourth-order valence-corrected chi connectivity index (χ4v) is 1.34. The van der Waals surface area contributed by atoms with Gasteiger partial charge >= 0.3 is 5.97 Å². The topological polar surface area (TPSA) is 73.2 Å². The Morgan fingerprint density at radius 1 is 1.62 bits per heavy atom. The van der Waals surface area contributed by atoms with Crippen LogP contribution in [0.3, 0.4) is 0 Å². The van der Waals surface area contributed by atoms with Crippen molar-refractivity contribution in [1.82, 2.24) is 15.1 Å². The molecule has 1 amide bonds. The number of hydrogen-bond donors (Lipinski definition) is 1. The standard InChI is InChI=1S/C9H12BrN3O3/c1-16-9(15)5-11-8(14)2-3-13-6-7(10)4-12-13/h4,6H,2-3,5H2,1H3,(H,11,14). The van der Waals surface area contributed by atoms with E-state index in [1.165, 1.54) is 7.11 Å². The summed E-state index contributed by atoms with van der Waals surface area (Å²) >= 11 is 3.25. The molecule has 1 aromatic heterocycles. The average molecular weight is 290 g/mol. The number of hydrogen-bond acceptors (Lipinski definition) is 4.